The van der Waals surface area contributed by atoms with Crippen molar-refractivity contribution in [3.8, 4) is 11.5 Å². The Kier molecular flexibility index (Phi) is 6.34. The average molecular weight is 292 g/mol. The van der Waals surface area contributed by atoms with E-state index in [4.69, 9.17) is 9.47 Å². The second-order valence-corrected chi connectivity index (χ2v) is 5.09. The SMILES string of the molecule is COc1ccccc1OCCNCCC(=O)N1CCCC1. The Morgan fingerprint density at radius 1 is 1.19 bits per heavy atom. The number of hydrogen-bond donors (Lipinski definition) is 1. The molecule has 116 valence electrons. The Balaban J connectivity index is 1.56. The molecule has 1 fully saturated rings. The molecule has 5 heteroatoms. The van der Waals surface area contributed by atoms with Gasteiger partial charge in [0.15, 0.2) is 11.5 Å². The molecule has 21 heavy (non-hydrogen) atoms. The predicted molar refractivity (Wildman–Crippen MR) is 81.8 cm³/mol. The van der Waals surface area contributed by atoms with Gasteiger partial charge in [-0.2, -0.15) is 0 Å². The van der Waals surface area contributed by atoms with Gasteiger partial charge >= 0.3 is 0 Å². The summed E-state index contributed by atoms with van der Waals surface area (Å²) in [7, 11) is 1.63. The molecule has 5 nitrogen and oxygen atoms in total. The number of ether oxygens (including phenoxy) is 2. The van der Waals surface area contributed by atoms with Crippen LogP contribution in [0.4, 0.5) is 0 Å². The van der Waals surface area contributed by atoms with Crippen molar-refractivity contribution in [3.05, 3.63) is 24.3 Å². The molecule has 1 aromatic rings. The maximum atomic E-state index is 11.8. The third-order valence-electron chi connectivity index (χ3n) is 3.58. The number of methoxy groups -OCH3 is 1. The second kappa shape index (κ2) is 8.52. The zero-order valence-corrected chi connectivity index (χ0v) is 12.6. The Hall–Kier alpha value is -1.75. The minimum absolute atomic E-state index is 0.255. The van der Waals surface area contributed by atoms with Gasteiger partial charge in [0.2, 0.25) is 5.91 Å². The van der Waals surface area contributed by atoms with Gasteiger partial charge in [-0.25, -0.2) is 0 Å². The number of nitrogens with one attached hydrogen (secondary N) is 1. The molecular weight excluding hydrogens is 268 g/mol. The van der Waals surface area contributed by atoms with Crippen LogP contribution in [-0.4, -0.2) is 50.7 Å². The summed E-state index contributed by atoms with van der Waals surface area (Å²) >= 11 is 0. The zero-order chi connectivity index (χ0) is 14.9. The van der Waals surface area contributed by atoms with Crippen LogP contribution in [0.5, 0.6) is 11.5 Å². The average Bonchev–Trinajstić information content (AvgIpc) is 3.05. The molecule has 0 aromatic heterocycles. The molecule has 1 aliphatic heterocycles. The molecule has 0 bridgehead atoms. The lowest BCUT2D eigenvalue weighted by Gasteiger charge is -2.15. The number of amides is 1. The number of para-hydroxylation sites is 2. The quantitative estimate of drug-likeness (QED) is 0.741. The maximum Gasteiger partial charge on any atom is 0.223 e. The Morgan fingerprint density at radius 2 is 1.90 bits per heavy atom. The van der Waals surface area contributed by atoms with Crippen LogP contribution >= 0.6 is 0 Å². The summed E-state index contributed by atoms with van der Waals surface area (Å²) in [4.78, 5) is 13.8. The van der Waals surface area contributed by atoms with E-state index >= 15 is 0 Å². The van der Waals surface area contributed by atoms with E-state index in [-0.39, 0.29) is 5.91 Å². The fourth-order valence-electron chi connectivity index (χ4n) is 2.42. The van der Waals surface area contributed by atoms with E-state index in [2.05, 4.69) is 5.32 Å². The summed E-state index contributed by atoms with van der Waals surface area (Å²) in [5, 5.41) is 3.23. The van der Waals surface area contributed by atoms with Gasteiger partial charge in [0.1, 0.15) is 6.61 Å². The molecule has 0 unspecified atom stereocenters. The van der Waals surface area contributed by atoms with Crippen LogP contribution < -0.4 is 14.8 Å². The minimum atomic E-state index is 0.255. The van der Waals surface area contributed by atoms with Crippen LogP contribution in [0.1, 0.15) is 19.3 Å². The molecule has 0 aliphatic carbocycles. The summed E-state index contributed by atoms with van der Waals surface area (Å²) < 4.78 is 10.9. The molecule has 1 aliphatic rings. The van der Waals surface area contributed by atoms with Crippen molar-refractivity contribution >= 4 is 5.91 Å². The van der Waals surface area contributed by atoms with Crippen LogP contribution in [0.2, 0.25) is 0 Å². The lowest BCUT2D eigenvalue weighted by Crippen LogP contribution is -2.31. The Morgan fingerprint density at radius 3 is 2.62 bits per heavy atom. The Bertz CT molecular complexity index is 445. The first-order valence-electron chi connectivity index (χ1n) is 7.55. The lowest BCUT2D eigenvalue weighted by molar-refractivity contribution is -0.130. The first-order valence-corrected chi connectivity index (χ1v) is 7.55. The fraction of sp³-hybridized carbons (Fsp3) is 0.562. The number of hydrogen-bond acceptors (Lipinski definition) is 4. The van der Waals surface area contributed by atoms with Gasteiger partial charge in [-0.1, -0.05) is 12.1 Å². The first-order chi connectivity index (χ1) is 10.3. The number of carbonyl (C=O) groups excluding carboxylic acids is 1. The van der Waals surface area contributed by atoms with Gasteiger partial charge in [0.05, 0.1) is 7.11 Å². The van der Waals surface area contributed by atoms with Gasteiger partial charge in [0.25, 0.3) is 0 Å². The van der Waals surface area contributed by atoms with E-state index in [1.54, 1.807) is 7.11 Å². The van der Waals surface area contributed by atoms with Crippen LogP contribution in [0, 0.1) is 0 Å². The van der Waals surface area contributed by atoms with E-state index in [0.717, 1.165) is 37.4 Å². The minimum Gasteiger partial charge on any atom is -0.493 e. The third-order valence-corrected chi connectivity index (χ3v) is 3.58. The highest BCUT2D eigenvalue weighted by Crippen LogP contribution is 2.25. The van der Waals surface area contributed by atoms with Gasteiger partial charge in [-0.3, -0.25) is 4.79 Å². The van der Waals surface area contributed by atoms with Gasteiger partial charge < -0.3 is 19.7 Å². The van der Waals surface area contributed by atoms with Crippen molar-refractivity contribution in [2.24, 2.45) is 0 Å². The van der Waals surface area contributed by atoms with Crippen molar-refractivity contribution in [1.82, 2.24) is 10.2 Å². The van der Waals surface area contributed by atoms with Crippen LogP contribution in [-0.2, 0) is 4.79 Å². The highest BCUT2D eigenvalue weighted by atomic mass is 16.5. The van der Waals surface area contributed by atoms with Gasteiger partial charge in [-0.05, 0) is 25.0 Å². The van der Waals surface area contributed by atoms with E-state index in [1.165, 1.54) is 0 Å². The smallest absolute Gasteiger partial charge is 0.223 e. The normalized spacial score (nSPS) is 14.2. The molecule has 2 rings (SSSR count). The molecule has 1 N–H and O–H groups in total. The van der Waals surface area contributed by atoms with E-state index in [0.29, 0.717) is 26.1 Å². The molecule has 0 spiro atoms. The third kappa shape index (κ3) is 4.93. The van der Waals surface area contributed by atoms with Crippen LogP contribution in [0.15, 0.2) is 24.3 Å². The van der Waals surface area contributed by atoms with Crippen LogP contribution in [0.3, 0.4) is 0 Å². The second-order valence-electron chi connectivity index (χ2n) is 5.09. The number of likely N-dealkylation sites (tertiary alicyclic amines) is 1. The van der Waals surface area contributed by atoms with E-state index in [9.17, 15) is 4.79 Å². The zero-order valence-electron chi connectivity index (χ0n) is 12.6. The number of nitrogens with zero attached hydrogens (tertiary/aromatic N) is 1. The topological polar surface area (TPSA) is 50.8 Å². The molecular formula is C16H24N2O3. The standard InChI is InChI=1S/C16H24N2O3/c1-20-14-6-2-3-7-15(14)21-13-10-17-9-8-16(19)18-11-4-5-12-18/h2-3,6-7,17H,4-5,8-13H2,1H3. The number of rotatable bonds is 8. The number of carbonyl (C=O) groups is 1. The molecule has 1 aromatic carbocycles. The summed E-state index contributed by atoms with van der Waals surface area (Å²) in [5.41, 5.74) is 0. The van der Waals surface area contributed by atoms with Crippen molar-refractivity contribution in [2.75, 3.05) is 39.9 Å². The highest BCUT2D eigenvalue weighted by Gasteiger charge is 2.16. The van der Waals surface area contributed by atoms with E-state index in [1.807, 2.05) is 29.2 Å². The molecule has 0 radical (unpaired) electrons. The first kappa shape index (κ1) is 15.6. The molecule has 1 heterocycles. The predicted octanol–water partition coefficient (Wildman–Crippen LogP) is 1.68. The fourth-order valence-corrected chi connectivity index (χ4v) is 2.42. The van der Waals surface area contributed by atoms with Crippen molar-refractivity contribution in [2.45, 2.75) is 19.3 Å². The molecule has 1 saturated heterocycles. The molecule has 0 atom stereocenters. The van der Waals surface area contributed by atoms with Gasteiger partial charge in [-0.15, -0.1) is 0 Å². The molecule has 0 saturated carbocycles. The number of benzene rings is 1. The highest BCUT2D eigenvalue weighted by molar-refractivity contribution is 5.76. The summed E-state index contributed by atoms with van der Waals surface area (Å²) in [6, 6.07) is 7.58. The van der Waals surface area contributed by atoms with E-state index < -0.39 is 0 Å². The van der Waals surface area contributed by atoms with Crippen LogP contribution in [0.25, 0.3) is 0 Å². The van der Waals surface area contributed by atoms with Crippen molar-refractivity contribution in [1.29, 1.82) is 0 Å². The van der Waals surface area contributed by atoms with Crippen molar-refractivity contribution < 1.29 is 14.3 Å². The monoisotopic (exact) mass is 292 g/mol. The summed E-state index contributed by atoms with van der Waals surface area (Å²) in [6.07, 6.45) is 2.85. The summed E-state index contributed by atoms with van der Waals surface area (Å²) in [6.45, 7) is 3.82. The largest absolute Gasteiger partial charge is 0.493 e. The van der Waals surface area contributed by atoms with Crippen molar-refractivity contribution in [3.63, 3.8) is 0 Å². The van der Waals surface area contributed by atoms with Gasteiger partial charge in [0, 0.05) is 32.6 Å². The maximum absolute atomic E-state index is 11.8. The Labute approximate surface area is 126 Å². The summed E-state index contributed by atoms with van der Waals surface area (Å²) in [5.74, 6) is 1.74. The lowest BCUT2D eigenvalue weighted by atomic mass is 10.3. The molecule has 1 amide bonds.